The monoisotopic (exact) mass is 326 g/mol. The number of hydrogen-bond acceptors (Lipinski definition) is 5. The van der Waals surface area contributed by atoms with Crippen molar-refractivity contribution < 1.29 is 4.52 Å². The van der Waals surface area contributed by atoms with Crippen LogP contribution in [0.3, 0.4) is 0 Å². The van der Waals surface area contributed by atoms with E-state index in [-0.39, 0.29) is 11.0 Å². The fourth-order valence-electron chi connectivity index (χ4n) is 2.92. The number of pyridine rings is 1. The minimum Gasteiger partial charge on any atom is -0.338 e. The second kappa shape index (κ2) is 6.20. The average molecular weight is 326 g/mol. The zero-order valence-corrected chi connectivity index (χ0v) is 14.5. The van der Waals surface area contributed by atoms with Crippen LogP contribution in [-0.2, 0) is 6.54 Å². The molecule has 1 N–H and O–H groups in total. The van der Waals surface area contributed by atoms with Crippen LogP contribution in [0.1, 0.15) is 26.7 Å². The summed E-state index contributed by atoms with van der Waals surface area (Å²) < 4.78 is 5.39. The number of hydrogen-bond donors (Lipinski definition) is 1. The topological polar surface area (TPSA) is 75.0 Å². The standard InChI is InChI=1S/C18H22N4O2/c1-18(2,3)11-22(4)10-15-20-16(21-24-15)14-9-19-17(23)13-8-6-5-7-12(13)14/h5-9H,10-11H2,1-4H3,(H,19,23). The van der Waals surface area contributed by atoms with E-state index in [4.69, 9.17) is 4.52 Å². The maximum absolute atomic E-state index is 11.9. The van der Waals surface area contributed by atoms with Gasteiger partial charge in [-0.05, 0) is 23.9 Å². The van der Waals surface area contributed by atoms with Gasteiger partial charge in [0.05, 0.1) is 6.54 Å². The molecule has 0 saturated carbocycles. The Morgan fingerprint density at radius 2 is 1.92 bits per heavy atom. The minimum atomic E-state index is -0.122. The molecule has 0 bridgehead atoms. The predicted octanol–water partition coefficient (Wildman–Crippen LogP) is 3.06. The van der Waals surface area contributed by atoms with E-state index in [9.17, 15) is 4.79 Å². The SMILES string of the molecule is CN(Cc1nc(-c2c[nH]c(=O)c3ccccc23)no1)CC(C)(C)C. The highest BCUT2D eigenvalue weighted by molar-refractivity contribution is 5.93. The second-order valence-electron chi connectivity index (χ2n) is 7.32. The lowest BCUT2D eigenvalue weighted by Crippen LogP contribution is -2.28. The summed E-state index contributed by atoms with van der Waals surface area (Å²) in [6, 6.07) is 7.41. The Hall–Kier alpha value is -2.47. The molecular weight excluding hydrogens is 304 g/mol. The molecule has 0 aliphatic rings. The average Bonchev–Trinajstić information content (AvgIpc) is 2.94. The number of rotatable bonds is 4. The summed E-state index contributed by atoms with van der Waals surface area (Å²) >= 11 is 0. The lowest BCUT2D eigenvalue weighted by atomic mass is 9.96. The number of benzene rings is 1. The first kappa shape index (κ1) is 16.4. The molecule has 0 aliphatic heterocycles. The van der Waals surface area contributed by atoms with Crippen molar-refractivity contribution in [1.29, 1.82) is 0 Å². The summed E-state index contributed by atoms with van der Waals surface area (Å²) in [6.45, 7) is 8.08. The van der Waals surface area contributed by atoms with Crippen LogP contribution in [0.25, 0.3) is 22.2 Å². The predicted molar refractivity (Wildman–Crippen MR) is 93.6 cm³/mol. The van der Waals surface area contributed by atoms with Crippen molar-refractivity contribution in [2.45, 2.75) is 27.3 Å². The van der Waals surface area contributed by atoms with Crippen molar-refractivity contribution in [1.82, 2.24) is 20.0 Å². The minimum absolute atomic E-state index is 0.122. The molecule has 0 spiro atoms. The van der Waals surface area contributed by atoms with E-state index in [2.05, 4.69) is 40.8 Å². The molecule has 126 valence electrons. The molecule has 0 atom stereocenters. The van der Waals surface area contributed by atoms with Crippen molar-refractivity contribution in [3.8, 4) is 11.4 Å². The van der Waals surface area contributed by atoms with Crippen LogP contribution >= 0.6 is 0 Å². The van der Waals surface area contributed by atoms with Crippen molar-refractivity contribution in [2.24, 2.45) is 5.41 Å². The highest BCUT2D eigenvalue weighted by atomic mass is 16.5. The summed E-state index contributed by atoms with van der Waals surface area (Å²) in [5.74, 6) is 1.05. The Labute approximate surface area is 140 Å². The zero-order valence-electron chi connectivity index (χ0n) is 14.5. The number of fused-ring (bicyclic) bond motifs is 1. The smallest absolute Gasteiger partial charge is 0.255 e. The number of nitrogens with one attached hydrogen (secondary N) is 1. The third-order valence-electron chi connectivity index (χ3n) is 3.67. The normalized spacial score (nSPS) is 12.2. The molecule has 24 heavy (non-hydrogen) atoms. The van der Waals surface area contributed by atoms with Crippen LogP contribution in [0.4, 0.5) is 0 Å². The van der Waals surface area contributed by atoms with Gasteiger partial charge >= 0.3 is 0 Å². The Morgan fingerprint density at radius 1 is 1.21 bits per heavy atom. The molecule has 6 heteroatoms. The molecule has 6 nitrogen and oxygen atoms in total. The molecule has 3 aromatic rings. The second-order valence-corrected chi connectivity index (χ2v) is 7.32. The number of nitrogens with zero attached hydrogens (tertiary/aromatic N) is 3. The first-order valence-electron chi connectivity index (χ1n) is 7.95. The van der Waals surface area contributed by atoms with Crippen LogP contribution in [0.2, 0.25) is 0 Å². The van der Waals surface area contributed by atoms with E-state index in [0.717, 1.165) is 17.5 Å². The van der Waals surface area contributed by atoms with E-state index in [1.807, 2.05) is 25.2 Å². The molecule has 0 radical (unpaired) electrons. The van der Waals surface area contributed by atoms with Crippen LogP contribution < -0.4 is 5.56 Å². The molecule has 2 aromatic heterocycles. The Kier molecular flexibility index (Phi) is 4.24. The van der Waals surface area contributed by atoms with Gasteiger partial charge < -0.3 is 9.51 Å². The molecule has 0 amide bonds. The third-order valence-corrected chi connectivity index (χ3v) is 3.67. The van der Waals surface area contributed by atoms with Gasteiger partial charge in [0, 0.05) is 23.7 Å². The van der Waals surface area contributed by atoms with Crippen LogP contribution in [0.15, 0.2) is 39.8 Å². The highest BCUT2D eigenvalue weighted by Gasteiger charge is 2.17. The van der Waals surface area contributed by atoms with Crippen molar-refractivity contribution in [3.63, 3.8) is 0 Å². The summed E-state index contributed by atoms with van der Waals surface area (Å²) in [6.07, 6.45) is 1.64. The lowest BCUT2D eigenvalue weighted by molar-refractivity contribution is 0.198. The maximum atomic E-state index is 11.9. The molecular formula is C18H22N4O2. The van der Waals surface area contributed by atoms with Gasteiger partial charge in [-0.3, -0.25) is 9.69 Å². The third kappa shape index (κ3) is 3.54. The van der Waals surface area contributed by atoms with E-state index >= 15 is 0 Å². The molecule has 0 aliphatic carbocycles. The van der Waals surface area contributed by atoms with Crippen molar-refractivity contribution in [3.05, 3.63) is 46.7 Å². The summed E-state index contributed by atoms with van der Waals surface area (Å²) in [5.41, 5.74) is 0.842. The van der Waals surface area contributed by atoms with Gasteiger partial charge in [0.2, 0.25) is 11.7 Å². The summed E-state index contributed by atoms with van der Waals surface area (Å²) in [4.78, 5) is 21.3. The van der Waals surface area contributed by atoms with Crippen molar-refractivity contribution >= 4 is 10.8 Å². The Morgan fingerprint density at radius 3 is 2.62 bits per heavy atom. The summed E-state index contributed by atoms with van der Waals surface area (Å²) in [7, 11) is 2.03. The van der Waals surface area contributed by atoms with Gasteiger partial charge in [-0.15, -0.1) is 0 Å². The van der Waals surface area contributed by atoms with Gasteiger partial charge in [-0.2, -0.15) is 4.98 Å². The highest BCUT2D eigenvalue weighted by Crippen LogP contribution is 2.24. The fourth-order valence-corrected chi connectivity index (χ4v) is 2.92. The largest absolute Gasteiger partial charge is 0.338 e. The fraction of sp³-hybridized carbons (Fsp3) is 0.389. The molecule has 0 fully saturated rings. The van der Waals surface area contributed by atoms with E-state index in [1.165, 1.54) is 0 Å². The first-order chi connectivity index (χ1) is 11.3. The lowest BCUT2D eigenvalue weighted by Gasteiger charge is -2.25. The van der Waals surface area contributed by atoms with Crippen LogP contribution in [0.5, 0.6) is 0 Å². The van der Waals surface area contributed by atoms with Gasteiger partial charge in [0.25, 0.3) is 5.56 Å². The van der Waals surface area contributed by atoms with Crippen LogP contribution in [0, 0.1) is 5.41 Å². The zero-order chi connectivity index (χ0) is 17.3. The number of aromatic amines is 1. The Bertz CT molecular complexity index is 905. The number of aromatic nitrogens is 3. The van der Waals surface area contributed by atoms with Gasteiger partial charge in [-0.25, -0.2) is 0 Å². The van der Waals surface area contributed by atoms with E-state index in [1.54, 1.807) is 12.3 Å². The maximum Gasteiger partial charge on any atom is 0.255 e. The number of H-pyrrole nitrogens is 1. The molecule has 3 rings (SSSR count). The van der Waals surface area contributed by atoms with E-state index < -0.39 is 0 Å². The molecule has 2 heterocycles. The Balaban J connectivity index is 1.89. The first-order valence-corrected chi connectivity index (χ1v) is 7.95. The van der Waals surface area contributed by atoms with Gasteiger partial charge in [0.1, 0.15) is 0 Å². The summed E-state index contributed by atoms with van der Waals surface area (Å²) in [5, 5.41) is 5.51. The van der Waals surface area contributed by atoms with Crippen molar-refractivity contribution in [2.75, 3.05) is 13.6 Å². The van der Waals surface area contributed by atoms with Gasteiger partial charge in [0.15, 0.2) is 0 Å². The molecule has 0 unspecified atom stereocenters. The molecule has 0 saturated heterocycles. The van der Waals surface area contributed by atoms with E-state index in [0.29, 0.717) is 23.6 Å². The quantitative estimate of drug-likeness (QED) is 0.797. The van der Waals surface area contributed by atoms with Gasteiger partial charge in [-0.1, -0.05) is 44.1 Å². The van der Waals surface area contributed by atoms with Crippen LogP contribution in [-0.4, -0.2) is 33.6 Å². The molecule has 1 aromatic carbocycles.